The van der Waals surface area contributed by atoms with E-state index in [1.165, 1.54) is 0 Å². The maximum absolute atomic E-state index is 13.2. The number of aromatic nitrogens is 1. The Bertz CT molecular complexity index is 994. The lowest BCUT2D eigenvalue weighted by molar-refractivity contribution is -0.167. The van der Waals surface area contributed by atoms with Crippen LogP contribution in [0.5, 0.6) is 5.75 Å². The number of pyridine rings is 1. The van der Waals surface area contributed by atoms with Crippen molar-refractivity contribution in [3.63, 3.8) is 0 Å². The van der Waals surface area contributed by atoms with E-state index < -0.39 is 5.72 Å². The van der Waals surface area contributed by atoms with Gasteiger partial charge in [-0.15, -0.1) is 0 Å². The SMILES string of the molecule is C[C@H](NC(=O)[C@@H]1C[C@@H]2CC[C@]1(C)C[C@@]21NC(=O)c2ccccc2O1)c1ccccn1. The molecule has 3 aliphatic carbocycles. The third-order valence-corrected chi connectivity index (χ3v) is 7.31. The van der Waals surface area contributed by atoms with Crippen molar-refractivity contribution < 1.29 is 14.3 Å². The van der Waals surface area contributed by atoms with Gasteiger partial charge in [0.2, 0.25) is 5.91 Å². The van der Waals surface area contributed by atoms with Crippen LogP contribution in [0.15, 0.2) is 48.7 Å². The van der Waals surface area contributed by atoms with Crippen molar-refractivity contribution in [2.24, 2.45) is 17.3 Å². The zero-order valence-electron chi connectivity index (χ0n) is 17.4. The predicted molar refractivity (Wildman–Crippen MR) is 112 cm³/mol. The summed E-state index contributed by atoms with van der Waals surface area (Å²) in [5.74, 6) is 0.626. The Morgan fingerprint density at radius 3 is 2.83 bits per heavy atom. The van der Waals surface area contributed by atoms with Crippen LogP contribution in [0.25, 0.3) is 0 Å². The Morgan fingerprint density at radius 1 is 1.27 bits per heavy atom. The van der Waals surface area contributed by atoms with Crippen LogP contribution >= 0.6 is 0 Å². The summed E-state index contributed by atoms with van der Waals surface area (Å²) in [5.41, 5.74) is 0.477. The number of carbonyl (C=O) groups excluding carboxylic acids is 2. The molecule has 2 amide bonds. The number of amides is 2. The van der Waals surface area contributed by atoms with E-state index in [1.807, 2.05) is 43.3 Å². The highest BCUT2D eigenvalue weighted by Gasteiger charge is 2.61. The minimum atomic E-state index is -0.720. The second kappa shape index (κ2) is 6.83. The van der Waals surface area contributed by atoms with Crippen LogP contribution in [0, 0.1) is 17.3 Å². The van der Waals surface area contributed by atoms with Crippen molar-refractivity contribution in [2.75, 3.05) is 0 Å². The molecule has 2 aromatic rings. The van der Waals surface area contributed by atoms with Gasteiger partial charge in [0.05, 0.1) is 17.3 Å². The summed E-state index contributed by atoms with van der Waals surface area (Å²) in [4.78, 5) is 30.4. The molecule has 2 heterocycles. The number of ether oxygens (including phenoxy) is 1. The molecule has 6 heteroatoms. The van der Waals surface area contributed by atoms with Gasteiger partial charge in [-0.3, -0.25) is 14.6 Å². The molecule has 30 heavy (non-hydrogen) atoms. The summed E-state index contributed by atoms with van der Waals surface area (Å²) in [5, 5.41) is 6.33. The summed E-state index contributed by atoms with van der Waals surface area (Å²) in [7, 11) is 0. The number of fused-ring (bicyclic) bond motifs is 3. The number of nitrogens with zero attached hydrogens (tertiary/aromatic N) is 1. The van der Waals surface area contributed by atoms with Crippen molar-refractivity contribution in [2.45, 2.75) is 51.3 Å². The van der Waals surface area contributed by atoms with Crippen molar-refractivity contribution in [3.8, 4) is 5.75 Å². The van der Waals surface area contributed by atoms with E-state index in [0.717, 1.165) is 18.5 Å². The third-order valence-electron chi connectivity index (χ3n) is 7.31. The van der Waals surface area contributed by atoms with Crippen molar-refractivity contribution in [3.05, 3.63) is 59.9 Å². The van der Waals surface area contributed by atoms with Gasteiger partial charge in [-0.25, -0.2) is 0 Å². The van der Waals surface area contributed by atoms with E-state index in [9.17, 15) is 9.59 Å². The molecule has 1 aliphatic heterocycles. The first-order valence-corrected chi connectivity index (χ1v) is 10.7. The molecule has 6 rings (SSSR count). The molecule has 0 radical (unpaired) electrons. The number of hydrogen-bond donors (Lipinski definition) is 2. The molecule has 5 atom stereocenters. The molecule has 3 saturated carbocycles. The number of para-hydroxylation sites is 1. The van der Waals surface area contributed by atoms with Gasteiger partial charge >= 0.3 is 0 Å². The Labute approximate surface area is 176 Å². The number of benzene rings is 1. The highest BCUT2D eigenvalue weighted by molar-refractivity contribution is 5.98. The lowest BCUT2D eigenvalue weighted by Gasteiger charge is -2.59. The molecular formula is C24H27N3O3. The highest BCUT2D eigenvalue weighted by Crippen LogP contribution is 2.59. The van der Waals surface area contributed by atoms with Gasteiger partial charge in [-0.2, -0.15) is 0 Å². The first kappa shape index (κ1) is 19.1. The van der Waals surface area contributed by atoms with Gasteiger partial charge in [-0.1, -0.05) is 25.1 Å². The molecule has 4 aliphatic rings. The maximum atomic E-state index is 13.2. The minimum Gasteiger partial charge on any atom is -0.467 e. The fourth-order valence-corrected chi connectivity index (χ4v) is 5.68. The Morgan fingerprint density at radius 2 is 2.07 bits per heavy atom. The van der Waals surface area contributed by atoms with E-state index >= 15 is 0 Å². The number of carbonyl (C=O) groups is 2. The van der Waals surface area contributed by atoms with Gasteiger partial charge in [-0.05, 0) is 55.9 Å². The zero-order chi connectivity index (χ0) is 20.9. The largest absolute Gasteiger partial charge is 0.467 e. The summed E-state index contributed by atoms with van der Waals surface area (Å²) >= 11 is 0. The molecule has 1 aromatic carbocycles. The summed E-state index contributed by atoms with van der Waals surface area (Å²) in [6, 6.07) is 13.0. The lowest BCUT2D eigenvalue weighted by Crippen LogP contribution is -2.69. The van der Waals surface area contributed by atoms with Crippen LogP contribution in [0.3, 0.4) is 0 Å². The summed E-state index contributed by atoms with van der Waals surface area (Å²) in [6.07, 6.45) is 4.99. The van der Waals surface area contributed by atoms with E-state index in [0.29, 0.717) is 24.2 Å². The van der Waals surface area contributed by atoms with Gasteiger partial charge in [0.1, 0.15) is 5.75 Å². The Hall–Kier alpha value is -2.89. The molecular weight excluding hydrogens is 378 g/mol. The van der Waals surface area contributed by atoms with Crippen molar-refractivity contribution in [1.82, 2.24) is 15.6 Å². The molecule has 6 nitrogen and oxygen atoms in total. The van der Waals surface area contributed by atoms with Gasteiger partial charge < -0.3 is 15.4 Å². The van der Waals surface area contributed by atoms with Gasteiger partial charge in [0.25, 0.3) is 5.91 Å². The second-order valence-corrected chi connectivity index (χ2v) is 9.28. The van der Waals surface area contributed by atoms with Crippen LogP contribution < -0.4 is 15.4 Å². The fourth-order valence-electron chi connectivity index (χ4n) is 5.68. The maximum Gasteiger partial charge on any atom is 0.258 e. The lowest BCUT2D eigenvalue weighted by atomic mass is 9.52. The Balaban J connectivity index is 1.37. The first-order valence-electron chi connectivity index (χ1n) is 10.7. The smallest absolute Gasteiger partial charge is 0.258 e. The average molecular weight is 405 g/mol. The molecule has 1 spiro atoms. The van der Waals surface area contributed by atoms with Crippen LogP contribution in [0.2, 0.25) is 0 Å². The fraction of sp³-hybridized carbons (Fsp3) is 0.458. The van der Waals surface area contributed by atoms with E-state index in [1.54, 1.807) is 12.3 Å². The quantitative estimate of drug-likeness (QED) is 0.818. The van der Waals surface area contributed by atoms with Crippen molar-refractivity contribution in [1.29, 1.82) is 0 Å². The monoisotopic (exact) mass is 405 g/mol. The minimum absolute atomic E-state index is 0.0674. The topological polar surface area (TPSA) is 80.3 Å². The molecule has 1 aromatic heterocycles. The first-order chi connectivity index (χ1) is 14.4. The van der Waals surface area contributed by atoms with Crippen molar-refractivity contribution >= 4 is 11.8 Å². The average Bonchev–Trinajstić information content (AvgIpc) is 2.74. The normalized spacial score (nSPS) is 32.7. The number of nitrogens with one attached hydrogen (secondary N) is 2. The van der Waals surface area contributed by atoms with Crippen LogP contribution in [0.4, 0.5) is 0 Å². The standard InChI is InChI=1S/C24H27N3O3/c1-15(19-8-5-6-12-25-19)26-22(29)18-13-16-10-11-23(18,2)14-24(16)27-21(28)17-7-3-4-9-20(17)30-24/h3-9,12,15-16,18H,10-11,13-14H2,1-2H3,(H,26,29)(H,27,28)/t15-,16-,18-,23+,24-/m0/s1. The van der Waals surface area contributed by atoms with E-state index in [-0.39, 0.29) is 35.1 Å². The van der Waals surface area contributed by atoms with E-state index in [2.05, 4.69) is 22.5 Å². The molecule has 3 fully saturated rings. The second-order valence-electron chi connectivity index (χ2n) is 9.28. The van der Waals surface area contributed by atoms with Crippen LogP contribution in [-0.2, 0) is 4.79 Å². The Kier molecular flexibility index (Phi) is 4.34. The summed E-state index contributed by atoms with van der Waals surface area (Å²) in [6.45, 7) is 4.13. The number of hydrogen-bond acceptors (Lipinski definition) is 4. The molecule has 0 saturated heterocycles. The zero-order valence-corrected chi connectivity index (χ0v) is 17.4. The molecule has 0 unspecified atom stereocenters. The van der Waals surface area contributed by atoms with E-state index in [4.69, 9.17) is 4.74 Å². The molecule has 2 N–H and O–H groups in total. The van der Waals surface area contributed by atoms with Crippen LogP contribution in [0.1, 0.15) is 61.6 Å². The summed E-state index contributed by atoms with van der Waals surface area (Å²) < 4.78 is 6.43. The highest BCUT2D eigenvalue weighted by atomic mass is 16.5. The predicted octanol–water partition coefficient (Wildman–Crippen LogP) is 3.60. The van der Waals surface area contributed by atoms with Gasteiger partial charge in [0, 0.05) is 24.5 Å². The molecule has 156 valence electrons. The van der Waals surface area contributed by atoms with Crippen LogP contribution in [-0.4, -0.2) is 22.5 Å². The molecule has 2 bridgehead atoms. The van der Waals surface area contributed by atoms with Gasteiger partial charge in [0.15, 0.2) is 5.72 Å². The number of rotatable bonds is 3. The third kappa shape index (κ3) is 2.97.